The Morgan fingerprint density at radius 3 is 1.94 bits per heavy atom. The average molecular weight is 418 g/mol. The van der Waals surface area contributed by atoms with Gasteiger partial charge in [-0.25, -0.2) is 0 Å². The Labute approximate surface area is 190 Å². The fourth-order valence-electron chi connectivity index (χ4n) is 5.81. The van der Waals surface area contributed by atoms with E-state index in [0.29, 0.717) is 0 Å². The van der Waals surface area contributed by atoms with Crippen LogP contribution in [0.25, 0.3) is 70.8 Å². The first kappa shape index (κ1) is 17.2. The molecule has 0 spiro atoms. The Kier molecular flexibility index (Phi) is 3.19. The Morgan fingerprint density at radius 2 is 1.00 bits per heavy atom. The number of hydrogen-bond donors (Lipinski definition) is 0. The molecule has 2 aromatic heterocycles. The van der Waals surface area contributed by atoms with E-state index in [1.165, 1.54) is 70.8 Å². The monoisotopic (exact) mass is 417 g/mol. The molecule has 0 bridgehead atoms. The van der Waals surface area contributed by atoms with Crippen molar-refractivity contribution in [3.05, 3.63) is 115 Å². The van der Waals surface area contributed by atoms with E-state index in [2.05, 4.69) is 120 Å². The van der Waals surface area contributed by atoms with Gasteiger partial charge in [0.25, 0.3) is 0 Å². The second-order valence-corrected chi connectivity index (χ2v) is 9.01. The quantitative estimate of drug-likeness (QED) is 0.235. The van der Waals surface area contributed by atoms with Crippen molar-refractivity contribution < 1.29 is 0 Å². The average Bonchev–Trinajstić information content (AvgIpc) is 3.40. The summed E-state index contributed by atoms with van der Waals surface area (Å²) in [5.74, 6) is 0. The van der Waals surface area contributed by atoms with E-state index in [0.717, 1.165) is 0 Å². The molecule has 0 aliphatic heterocycles. The van der Waals surface area contributed by atoms with E-state index in [9.17, 15) is 0 Å². The number of benzene rings is 6. The van der Waals surface area contributed by atoms with Crippen molar-refractivity contribution in [2.75, 3.05) is 0 Å². The van der Waals surface area contributed by atoms with Crippen LogP contribution < -0.4 is 0 Å². The van der Waals surface area contributed by atoms with Gasteiger partial charge in [0, 0.05) is 21.5 Å². The van der Waals surface area contributed by atoms with Crippen molar-refractivity contribution in [2.24, 2.45) is 0 Å². The van der Waals surface area contributed by atoms with Gasteiger partial charge in [-0.15, -0.1) is 0 Å². The highest BCUT2D eigenvalue weighted by atomic mass is 14.9. The smallest absolute Gasteiger partial charge is 0.0620 e. The minimum absolute atomic E-state index is 1.26. The zero-order chi connectivity index (χ0) is 21.5. The molecule has 0 aliphatic carbocycles. The van der Waals surface area contributed by atoms with Crippen LogP contribution in [0.4, 0.5) is 0 Å². The highest BCUT2D eigenvalue weighted by molar-refractivity contribution is 6.23. The number of para-hydroxylation sites is 2. The Hall–Kier alpha value is -4.36. The fourth-order valence-corrected chi connectivity index (χ4v) is 5.81. The zero-order valence-corrected chi connectivity index (χ0v) is 17.9. The van der Waals surface area contributed by atoms with Crippen LogP contribution in [0.2, 0.25) is 0 Å². The number of rotatable bonds is 1. The summed E-state index contributed by atoms with van der Waals surface area (Å²) in [6.45, 7) is 0. The van der Waals surface area contributed by atoms with E-state index in [1.54, 1.807) is 0 Å². The molecule has 0 saturated heterocycles. The molecule has 1 heteroatoms. The third kappa shape index (κ3) is 2.21. The third-order valence-corrected chi connectivity index (χ3v) is 7.30. The van der Waals surface area contributed by atoms with Crippen LogP contribution in [0.1, 0.15) is 0 Å². The summed E-state index contributed by atoms with van der Waals surface area (Å²) in [5.41, 5.74) is 6.41. The molecule has 0 atom stereocenters. The van der Waals surface area contributed by atoms with Crippen molar-refractivity contribution in [3.63, 3.8) is 0 Å². The predicted octanol–water partition coefficient (Wildman–Crippen LogP) is 8.81. The molecule has 0 unspecified atom stereocenters. The van der Waals surface area contributed by atoms with Crippen LogP contribution in [0.15, 0.2) is 115 Å². The maximum Gasteiger partial charge on any atom is 0.0620 e. The van der Waals surface area contributed by atoms with Crippen molar-refractivity contribution in [3.8, 4) is 11.1 Å². The second kappa shape index (κ2) is 6.11. The van der Waals surface area contributed by atoms with Crippen LogP contribution in [0.3, 0.4) is 0 Å². The number of fused-ring (bicyclic) bond motifs is 9. The molecular formula is C32H19N. The van der Waals surface area contributed by atoms with Gasteiger partial charge in [0.2, 0.25) is 0 Å². The SMILES string of the molecule is c1ccc2c(c1)ccc1cc(-c3ccc4c(c3)c3cccc5c6ccccc6n4c53)ccc12. The van der Waals surface area contributed by atoms with Crippen molar-refractivity contribution in [2.45, 2.75) is 0 Å². The van der Waals surface area contributed by atoms with Gasteiger partial charge in [-0.1, -0.05) is 91.0 Å². The zero-order valence-electron chi connectivity index (χ0n) is 17.9. The maximum atomic E-state index is 2.44. The van der Waals surface area contributed by atoms with Crippen LogP contribution in [0.5, 0.6) is 0 Å². The molecule has 0 aliphatic rings. The Bertz CT molecular complexity index is 2020. The molecule has 0 saturated carbocycles. The summed E-state index contributed by atoms with van der Waals surface area (Å²) in [5, 5.41) is 10.5. The molecule has 152 valence electrons. The van der Waals surface area contributed by atoms with E-state index < -0.39 is 0 Å². The lowest BCUT2D eigenvalue weighted by Crippen LogP contribution is -1.83. The second-order valence-electron chi connectivity index (χ2n) is 9.01. The first-order chi connectivity index (χ1) is 16.4. The number of hydrogen-bond acceptors (Lipinski definition) is 0. The maximum absolute atomic E-state index is 2.44. The molecule has 0 amide bonds. The molecule has 0 N–H and O–H groups in total. The molecule has 33 heavy (non-hydrogen) atoms. The summed E-state index contributed by atoms with van der Waals surface area (Å²) < 4.78 is 2.44. The molecule has 6 aromatic carbocycles. The summed E-state index contributed by atoms with van der Waals surface area (Å²) in [7, 11) is 0. The summed E-state index contributed by atoms with van der Waals surface area (Å²) in [4.78, 5) is 0. The van der Waals surface area contributed by atoms with Crippen molar-refractivity contribution in [1.29, 1.82) is 0 Å². The first-order valence-electron chi connectivity index (χ1n) is 11.5. The van der Waals surface area contributed by atoms with Gasteiger partial charge in [0.05, 0.1) is 16.6 Å². The molecule has 8 aromatic rings. The van der Waals surface area contributed by atoms with Gasteiger partial charge in [-0.2, -0.15) is 0 Å². The number of nitrogens with zero attached hydrogens (tertiary/aromatic N) is 1. The lowest BCUT2D eigenvalue weighted by atomic mass is 9.96. The van der Waals surface area contributed by atoms with Crippen molar-refractivity contribution in [1.82, 2.24) is 4.40 Å². The minimum atomic E-state index is 1.26. The first-order valence-corrected chi connectivity index (χ1v) is 11.5. The summed E-state index contributed by atoms with van der Waals surface area (Å²) in [6, 6.07) is 42.3. The number of aromatic nitrogens is 1. The lowest BCUT2D eigenvalue weighted by molar-refractivity contribution is 1.37. The molecule has 8 rings (SSSR count). The third-order valence-electron chi connectivity index (χ3n) is 7.30. The highest BCUT2D eigenvalue weighted by Crippen LogP contribution is 2.40. The van der Waals surface area contributed by atoms with Gasteiger partial charge in [-0.3, -0.25) is 0 Å². The summed E-state index contributed by atoms with van der Waals surface area (Å²) in [6.07, 6.45) is 0. The largest absolute Gasteiger partial charge is 0.308 e. The lowest BCUT2D eigenvalue weighted by Gasteiger charge is -2.08. The molecule has 0 fully saturated rings. The van der Waals surface area contributed by atoms with E-state index in [4.69, 9.17) is 0 Å². The normalized spacial score (nSPS) is 12.2. The molecule has 1 nitrogen and oxygen atoms in total. The van der Waals surface area contributed by atoms with Crippen LogP contribution in [-0.2, 0) is 0 Å². The van der Waals surface area contributed by atoms with Gasteiger partial charge < -0.3 is 4.40 Å². The van der Waals surface area contributed by atoms with Gasteiger partial charge >= 0.3 is 0 Å². The van der Waals surface area contributed by atoms with Gasteiger partial charge in [-0.05, 0) is 56.9 Å². The van der Waals surface area contributed by atoms with Gasteiger partial charge in [0.15, 0.2) is 0 Å². The van der Waals surface area contributed by atoms with Crippen LogP contribution in [-0.4, -0.2) is 4.40 Å². The highest BCUT2D eigenvalue weighted by Gasteiger charge is 2.17. The van der Waals surface area contributed by atoms with Gasteiger partial charge in [0.1, 0.15) is 0 Å². The predicted molar refractivity (Wildman–Crippen MR) is 142 cm³/mol. The molecule has 0 radical (unpaired) electrons. The topological polar surface area (TPSA) is 4.41 Å². The van der Waals surface area contributed by atoms with Crippen LogP contribution >= 0.6 is 0 Å². The molecular weight excluding hydrogens is 398 g/mol. The van der Waals surface area contributed by atoms with E-state index >= 15 is 0 Å². The van der Waals surface area contributed by atoms with Crippen LogP contribution in [0, 0.1) is 0 Å². The molecule has 2 heterocycles. The Morgan fingerprint density at radius 1 is 0.364 bits per heavy atom. The van der Waals surface area contributed by atoms with Crippen molar-refractivity contribution >= 4 is 59.6 Å². The van der Waals surface area contributed by atoms with E-state index in [-0.39, 0.29) is 0 Å². The van der Waals surface area contributed by atoms with E-state index in [1.807, 2.05) is 0 Å². The fraction of sp³-hybridized carbons (Fsp3) is 0. The minimum Gasteiger partial charge on any atom is -0.308 e. The summed E-state index contributed by atoms with van der Waals surface area (Å²) >= 11 is 0. The standard InChI is InChI=1S/C32H19N/c1-2-7-24-20(6-1)12-13-23-18-21(14-16-25(23)24)22-15-17-31-29(19-22)28-10-5-9-27-26-8-3-4-11-30(26)33(31)32(27)28/h1-19H. The Balaban J connectivity index is 1.41.